The van der Waals surface area contributed by atoms with Crippen molar-refractivity contribution < 1.29 is 22.8 Å². The highest BCUT2D eigenvalue weighted by Crippen LogP contribution is 2.20. The molecule has 1 aliphatic rings. The van der Waals surface area contributed by atoms with Crippen molar-refractivity contribution in [2.75, 3.05) is 26.2 Å². The van der Waals surface area contributed by atoms with Gasteiger partial charge in [-0.3, -0.25) is 9.69 Å². The molecule has 152 valence electrons. The van der Waals surface area contributed by atoms with Gasteiger partial charge < -0.3 is 14.2 Å². The smallest absolute Gasteiger partial charge is 0.387 e. The highest BCUT2D eigenvalue weighted by molar-refractivity contribution is 5.94. The van der Waals surface area contributed by atoms with Gasteiger partial charge in [0.2, 0.25) is 5.89 Å². The molecule has 0 N–H and O–H groups in total. The normalized spacial score (nSPS) is 15.9. The Kier molecular flexibility index (Phi) is 5.93. The lowest BCUT2D eigenvalue weighted by molar-refractivity contribution is -0.0499. The summed E-state index contributed by atoms with van der Waals surface area (Å²) >= 11 is 0. The average Bonchev–Trinajstić information content (AvgIpc) is 3.10. The fraction of sp³-hybridized carbons (Fsp3) is 0.526. The molecule has 7 nitrogen and oxygen atoms in total. The van der Waals surface area contributed by atoms with E-state index in [1.54, 1.807) is 11.0 Å². The summed E-state index contributed by atoms with van der Waals surface area (Å²) in [5.41, 5.74) is 0.161. The molecule has 9 heteroatoms. The largest absolute Gasteiger partial charge is 0.435 e. The third-order valence-corrected chi connectivity index (χ3v) is 4.46. The van der Waals surface area contributed by atoms with E-state index in [2.05, 4.69) is 19.8 Å². The van der Waals surface area contributed by atoms with Crippen molar-refractivity contribution in [3.8, 4) is 5.75 Å². The van der Waals surface area contributed by atoms with Gasteiger partial charge in [0.25, 0.3) is 5.91 Å². The number of piperazine rings is 1. The SMILES string of the molecule is CC(C)(C)c1noc(CN2CCN(C(=O)c3cccc(OC(F)F)c3)CC2)n1. The van der Waals surface area contributed by atoms with Gasteiger partial charge in [0, 0.05) is 37.2 Å². The van der Waals surface area contributed by atoms with Gasteiger partial charge in [-0.1, -0.05) is 32.0 Å². The zero-order chi connectivity index (χ0) is 20.3. The van der Waals surface area contributed by atoms with Crippen LogP contribution in [0.4, 0.5) is 8.78 Å². The van der Waals surface area contributed by atoms with E-state index in [1.165, 1.54) is 18.2 Å². The average molecular weight is 394 g/mol. The summed E-state index contributed by atoms with van der Waals surface area (Å²) in [5, 5.41) is 4.02. The Bertz CT molecular complexity index is 812. The molecule has 0 atom stereocenters. The van der Waals surface area contributed by atoms with E-state index in [4.69, 9.17) is 4.52 Å². The lowest BCUT2D eigenvalue weighted by atomic mass is 9.96. The number of aromatic nitrogens is 2. The van der Waals surface area contributed by atoms with Gasteiger partial charge in [-0.05, 0) is 18.2 Å². The van der Waals surface area contributed by atoms with Crippen LogP contribution >= 0.6 is 0 Å². The predicted octanol–water partition coefficient (Wildman–Crippen LogP) is 2.93. The first-order valence-electron chi connectivity index (χ1n) is 9.12. The Morgan fingerprint density at radius 3 is 2.57 bits per heavy atom. The molecule has 3 rings (SSSR count). The summed E-state index contributed by atoms with van der Waals surface area (Å²) in [6, 6.07) is 5.87. The van der Waals surface area contributed by atoms with Crippen LogP contribution < -0.4 is 4.74 Å². The van der Waals surface area contributed by atoms with E-state index >= 15 is 0 Å². The number of halogens is 2. The quantitative estimate of drug-likeness (QED) is 0.777. The summed E-state index contributed by atoms with van der Waals surface area (Å²) in [4.78, 5) is 20.9. The fourth-order valence-electron chi connectivity index (χ4n) is 2.91. The number of carbonyl (C=O) groups is 1. The molecular formula is C19H24F2N4O3. The van der Waals surface area contributed by atoms with Gasteiger partial charge in [-0.15, -0.1) is 0 Å². The van der Waals surface area contributed by atoms with Crippen molar-refractivity contribution in [1.29, 1.82) is 0 Å². The van der Waals surface area contributed by atoms with E-state index in [0.717, 1.165) is 0 Å². The Balaban J connectivity index is 1.55. The third-order valence-electron chi connectivity index (χ3n) is 4.46. The molecular weight excluding hydrogens is 370 g/mol. The number of benzene rings is 1. The monoisotopic (exact) mass is 394 g/mol. The van der Waals surface area contributed by atoms with Crippen LogP contribution in [0.15, 0.2) is 28.8 Å². The summed E-state index contributed by atoms with van der Waals surface area (Å²) in [7, 11) is 0. The Hall–Kier alpha value is -2.55. The molecule has 1 amide bonds. The zero-order valence-electron chi connectivity index (χ0n) is 16.2. The van der Waals surface area contributed by atoms with Gasteiger partial charge in [0.05, 0.1) is 6.54 Å². The molecule has 1 aromatic carbocycles. The lowest BCUT2D eigenvalue weighted by Gasteiger charge is -2.34. The fourth-order valence-corrected chi connectivity index (χ4v) is 2.91. The van der Waals surface area contributed by atoms with Crippen LogP contribution in [0.5, 0.6) is 5.75 Å². The van der Waals surface area contributed by atoms with Crippen LogP contribution in [0.3, 0.4) is 0 Å². The molecule has 1 saturated heterocycles. The molecule has 1 aromatic heterocycles. The van der Waals surface area contributed by atoms with Crippen molar-refractivity contribution in [2.24, 2.45) is 0 Å². The number of rotatable bonds is 5. The van der Waals surface area contributed by atoms with Crippen LogP contribution in [0.25, 0.3) is 0 Å². The molecule has 2 heterocycles. The Labute approximate surface area is 162 Å². The minimum Gasteiger partial charge on any atom is -0.435 e. The molecule has 28 heavy (non-hydrogen) atoms. The second kappa shape index (κ2) is 8.22. The molecule has 0 saturated carbocycles. The molecule has 0 bridgehead atoms. The number of hydrogen-bond donors (Lipinski definition) is 0. The predicted molar refractivity (Wildman–Crippen MR) is 97.3 cm³/mol. The standard InChI is InChI=1S/C19H24F2N4O3/c1-19(2,3)17-22-15(28-23-17)12-24-7-9-25(10-8-24)16(26)13-5-4-6-14(11-13)27-18(20)21/h4-6,11,18H,7-10,12H2,1-3H3. The van der Waals surface area contributed by atoms with E-state index in [0.29, 0.717) is 50.0 Å². The summed E-state index contributed by atoms with van der Waals surface area (Å²) in [6.45, 7) is 6.05. The first kappa shape index (κ1) is 20.2. The molecule has 0 spiro atoms. The number of amides is 1. The zero-order valence-corrected chi connectivity index (χ0v) is 16.2. The molecule has 0 radical (unpaired) electrons. The van der Waals surface area contributed by atoms with Gasteiger partial charge in [-0.25, -0.2) is 0 Å². The maximum atomic E-state index is 12.6. The maximum absolute atomic E-state index is 12.6. The third kappa shape index (κ3) is 5.03. The molecule has 2 aromatic rings. The minimum absolute atomic E-state index is 0.0227. The topological polar surface area (TPSA) is 71.7 Å². The van der Waals surface area contributed by atoms with E-state index in [1.807, 2.05) is 20.8 Å². The van der Waals surface area contributed by atoms with Gasteiger partial charge in [-0.2, -0.15) is 13.8 Å². The first-order valence-corrected chi connectivity index (χ1v) is 9.12. The van der Waals surface area contributed by atoms with Crippen molar-refractivity contribution in [3.63, 3.8) is 0 Å². The van der Waals surface area contributed by atoms with Crippen molar-refractivity contribution in [3.05, 3.63) is 41.5 Å². The summed E-state index contributed by atoms with van der Waals surface area (Å²) in [6.07, 6.45) is 0. The van der Waals surface area contributed by atoms with Gasteiger partial charge >= 0.3 is 6.61 Å². The Morgan fingerprint density at radius 1 is 1.25 bits per heavy atom. The van der Waals surface area contributed by atoms with Crippen LogP contribution in [0.1, 0.15) is 42.8 Å². The van der Waals surface area contributed by atoms with Crippen LogP contribution in [-0.2, 0) is 12.0 Å². The Morgan fingerprint density at radius 2 is 1.96 bits per heavy atom. The van der Waals surface area contributed by atoms with Crippen LogP contribution in [0, 0.1) is 0 Å². The van der Waals surface area contributed by atoms with Gasteiger partial charge in [0.15, 0.2) is 5.82 Å². The molecule has 1 aliphatic heterocycles. The second-order valence-corrected chi connectivity index (χ2v) is 7.74. The maximum Gasteiger partial charge on any atom is 0.387 e. The van der Waals surface area contributed by atoms with Crippen molar-refractivity contribution in [1.82, 2.24) is 19.9 Å². The van der Waals surface area contributed by atoms with E-state index in [9.17, 15) is 13.6 Å². The van der Waals surface area contributed by atoms with Crippen molar-refractivity contribution >= 4 is 5.91 Å². The number of hydrogen-bond acceptors (Lipinski definition) is 6. The molecule has 1 fully saturated rings. The highest BCUT2D eigenvalue weighted by atomic mass is 19.3. The summed E-state index contributed by atoms with van der Waals surface area (Å²) < 4.78 is 34.4. The summed E-state index contributed by atoms with van der Waals surface area (Å²) in [5.74, 6) is 1.00. The molecule has 0 unspecified atom stereocenters. The highest BCUT2D eigenvalue weighted by Gasteiger charge is 2.25. The van der Waals surface area contributed by atoms with Gasteiger partial charge in [0.1, 0.15) is 5.75 Å². The number of nitrogens with zero attached hydrogens (tertiary/aromatic N) is 4. The number of alkyl halides is 2. The lowest BCUT2D eigenvalue weighted by Crippen LogP contribution is -2.48. The number of ether oxygens (including phenoxy) is 1. The van der Waals surface area contributed by atoms with E-state index < -0.39 is 6.61 Å². The van der Waals surface area contributed by atoms with Crippen LogP contribution in [-0.4, -0.2) is 58.6 Å². The minimum atomic E-state index is -2.92. The van der Waals surface area contributed by atoms with E-state index in [-0.39, 0.29) is 17.1 Å². The molecule has 0 aliphatic carbocycles. The first-order chi connectivity index (χ1) is 13.2. The van der Waals surface area contributed by atoms with Crippen LogP contribution in [0.2, 0.25) is 0 Å². The second-order valence-electron chi connectivity index (χ2n) is 7.74. The number of carbonyl (C=O) groups excluding carboxylic acids is 1. The van der Waals surface area contributed by atoms with Crippen molar-refractivity contribution in [2.45, 2.75) is 39.3 Å².